The van der Waals surface area contributed by atoms with Gasteiger partial charge in [-0.2, -0.15) is 0 Å². The summed E-state index contributed by atoms with van der Waals surface area (Å²) in [5.41, 5.74) is 4.91. The van der Waals surface area contributed by atoms with Gasteiger partial charge >= 0.3 is 0 Å². The predicted molar refractivity (Wildman–Crippen MR) is 105 cm³/mol. The minimum absolute atomic E-state index is 0.216. The fourth-order valence-electron chi connectivity index (χ4n) is 2.85. The van der Waals surface area contributed by atoms with Crippen molar-refractivity contribution >= 4 is 27.2 Å². The van der Waals surface area contributed by atoms with Crippen LogP contribution in [0.3, 0.4) is 0 Å². The SMILES string of the molecule is Cc1cc(C)c(Nc2ccc(NS(=O)(=O)c3ccccc3)cn2)c(C)c1. The number of aromatic nitrogens is 1. The van der Waals surface area contributed by atoms with Gasteiger partial charge in [0.2, 0.25) is 0 Å². The zero-order chi connectivity index (χ0) is 18.7. The highest BCUT2D eigenvalue weighted by Gasteiger charge is 2.13. The van der Waals surface area contributed by atoms with E-state index in [1.54, 1.807) is 42.5 Å². The summed E-state index contributed by atoms with van der Waals surface area (Å²) in [5.74, 6) is 0.655. The number of hydrogen-bond donors (Lipinski definition) is 2. The lowest BCUT2D eigenvalue weighted by atomic mass is 10.1. The van der Waals surface area contributed by atoms with Crippen molar-refractivity contribution in [2.45, 2.75) is 25.7 Å². The Kier molecular flexibility index (Phi) is 4.95. The molecule has 26 heavy (non-hydrogen) atoms. The number of anilines is 3. The van der Waals surface area contributed by atoms with Crippen LogP contribution in [0.1, 0.15) is 16.7 Å². The number of aryl methyl sites for hydroxylation is 3. The van der Waals surface area contributed by atoms with Gasteiger partial charge in [-0.1, -0.05) is 35.9 Å². The number of sulfonamides is 1. The molecule has 0 atom stereocenters. The summed E-state index contributed by atoms with van der Waals surface area (Å²) in [4.78, 5) is 4.53. The normalized spacial score (nSPS) is 11.2. The van der Waals surface area contributed by atoms with Crippen molar-refractivity contribution < 1.29 is 8.42 Å². The van der Waals surface area contributed by atoms with Gasteiger partial charge in [0.15, 0.2) is 0 Å². The molecular formula is C20H21N3O2S. The Bertz CT molecular complexity index is 992. The summed E-state index contributed by atoms with van der Waals surface area (Å²) in [7, 11) is -3.61. The van der Waals surface area contributed by atoms with Gasteiger partial charge in [-0.15, -0.1) is 0 Å². The molecule has 0 unspecified atom stereocenters. The second kappa shape index (κ2) is 7.17. The fourth-order valence-corrected chi connectivity index (χ4v) is 3.91. The maximum absolute atomic E-state index is 12.3. The van der Waals surface area contributed by atoms with E-state index in [1.165, 1.54) is 11.8 Å². The van der Waals surface area contributed by atoms with E-state index in [0.29, 0.717) is 11.5 Å². The molecule has 0 saturated carbocycles. The molecule has 0 spiro atoms. The largest absolute Gasteiger partial charge is 0.340 e. The monoisotopic (exact) mass is 367 g/mol. The molecule has 0 bridgehead atoms. The van der Waals surface area contributed by atoms with Crippen LogP contribution in [0.15, 0.2) is 65.7 Å². The zero-order valence-corrected chi connectivity index (χ0v) is 15.8. The van der Waals surface area contributed by atoms with Gasteiger partial charge in [0.25, 0.3) is 10.0 Å². The summed E-state index contributed by atoms with van der Waals surface area (Å²) >= 11 is 0. The van der Waals surface area contributed by atoms with Crippen molar-refractivity contribution in [2.75, 3.05) is 10.0 Å². The van der Waals surface area contributed by atoms with Gasteiger partial charge in [-0.05, 0) is 56.2 Å². The van der Waals surface area contributed by atoms with Gasteiger partial charge < -0.3 is 5.32 Å². The van der Waals surface area contributed by atoms with Crippen LogP contribution in [0, 0.1) is 20.8 Å². The molecule has 134 valence electrons. The number of nitrogens with one attached hydrogen (secondary N) is 2. The van der Waals surface area contributed by atoms with Crippen molar-refractivity contribution in [3.63, 3.8) is 0 Å². The van der Waals surface area contributed by atoms with E-state index < -0.39 is 10.0 Å². The summed E-state index contributed by atoms with van der Waals surface area (Å²) in [6.45, 7) is 6.16. The van der Waals surface area contributed by atoms with E-state index in [9.17, 15) is 8.42 Å². The van der Waals surface area contributed by atoms with Crippen LogP contribution in [0.2, 0.25) is 0 Å². The summed E-state index contributed by atoms with van der Waals surface area (Å²) < 4.78 is 27.2. The Morgan fingerprint density at radius 1 is 0.885 bits per heavy atom. The number of benzene rings is 2. The van der Waals surface area contributed by atoms with Gasteiger partial charge in [0.05, 0.1) is 16.8 Å². The maximum atomic E-state index is 12.3. The highest BCUT2D eigenvalue weighted by atomic mass is 32.2. The minimum Gasteiger partial charge on any atom is -0.340 e. The van der Waals surface area contributed by atoms with Crippen LogP contribution in [0.4, 0.5) is 17.2 Å². The molecule has 2 N–H and O–H groups in total. The maximum Gasteiger partial charge on any atom is 0.261 e. The van der Waals surface area contributed by atoms with E-state index in [1.807, 2.05) is 13.8 Å². The first-order chi connectivity index (χ1) is 12.3. The molecule has 2 aromatic carbocycles. The zero-order valence-electron chi connectivity index (χ0n) is 14.9. The Morgan fingerprint density at radius 2 is 1.54 bits per heavy atom. The van der Waals surface area contributed by atoms with Crippen molar-refractivity contribution in [2.24, 2.45) is 0 Å². The third kappa shape index (κ3) is 4.03. The molecule has 6 heteroatoms. The quantitative estimate of drug-likeness (QED) is 0.694. The number of nitrogens with zero attached hydrogens (tertiary/aromatic N) is 1. The molecule has 0 saturated heterocycles. The van der Waals surface area contributed by atoms with Crippen molar-refractivity contribution in [1.82, 2.24) is 4.98 Å². The molecule has 0 radical (unpaired) electrons. The highest BCUT2D eigenvalue weighted by molar-refractivity contribution is 7.92. The van der Waals surface area contributed by atoms with E-state index in [2.05, 4.69) is 34.1 Å². The van der Waals surface area contributed by atoms with Crippen molar-refractivity contribution in [1.29, 1.82) is 0 Å². The van der Waals surface area contributed by atoms with Gasteiger partial charge in [-0.3, -0.25) is 4.72 Å². The fraction of sp³-hybridized carbons (Fsp3) is 0.150. The number of pyridine rings is 1. The molecule has 3 aromatic rings. The number of hydrogen-bond acceptors (Lipinski definition) is 4. The molecule has 0 amide bonds. The third-order valence-electron chi connectivity index (χ3n) is 4.00. The Hall–Kier alpha value is -2.86. The molecule has 0 aliphatic rings. The first-order valence-corrected chi connectivity index (χ1v) is 9.72. The van der Waals surface area contributed by atoms with Crippen LogP contribution in [-0.4, -0.2) is 13.4 Å². The Morgan fingerprint density at radius 3 is 2.12 bits per heavy atom. The summed E-state index contributed by atoms with van der Waals surface area (Å²) in [6, 6.07) is 15.9. The van der Waals surface area contributed by atoms with Crippen LogP contribution in [0.25, 0.3) is 0 Å². The average Bonchev–Trinajstić information content (AvgIpc) is 2.60. The third-order valence-corrected chi connectivity index (χ3v) is 5.40. The van der Waals surface area contributed by atoms with E-state index in [4.69, 9.17) is 0 Å². The Labute approximate surface area is 154 Å². The molecule has 0 aliphatic heterocycles. The molecule has 0 fully saturated rings. The predicted octanol–water partition coefficient (Wildman–Crippen LogP) is 4.55. The first-order valence-electron chi connectivity index (χ1n) is 8.24. The minimum atomic E-state index is -3.61. The molecule has 5 nitrogen and oxygen atoms in total. The van der Waals surface area contributed by atoms with Crippen molar-refractivity contribution in [3.05, 3.63) is 77.5 Å². The average molecular weight is 367 g/mol. The van der Waals surface area contributed by atoms with Gasteiger partial charge in [0, 0.05) is 5.69 Å². The first kappa shape index (κ1) is 17.9. The Balaban J connectivity index is 1.77. The standard InChI is InChI=1S/C20H21N3O2S/c1-14-11-15(2)20(16(3)12-14)22-19-10-9-17(13-21-19)23-26(24,25)18-7-5-4-6-8-18/h4-13,23H,1-3H3,(H,21,22). The van der Waals surface area contributed by atoms with E-state index >= 15 is 0 Å². The summed E-state index contributed by atoms with van der Waals surface area (Å²) in [5, 5.41) is 3.30. The molecule has 1 heterocycles. The van der Waals surface area contributed by atoms with Crippen LogP contribution in [0.5, 0.6) is 0 Å². The number of rotatable bonds is 5. The topological polar surface area (TPSA) is 71.1 Å². The second-order valence-corrected chi connectivity index (χ2v) is 7.93. The van der Waals surface area contributed by atoms with Gasteiger partial charge in [-0.25, -0.2) is 13.4 Å². The smallest absolute Gasteiger partial charge is 0.261 e. The highest BCUT2D eigenvalue weighted by Crippen LogP contribution is 2.25. The van der Waals surface area contributed by atoms with E-state index in [0.717, 1.165) is 16.8 Å². The lowest BCUT2D eigenvalue weighted by molar-refractivity contribution is 0.601. The molecule has 1 aromatic heterocycles. The molecule has 3 rings (SSSR count). The van der Waals surface area contributed by atoms with Crippen LogP contribution in [-0.2, 0) is 10.0 Å². The van der Waals surface area contributed by atoms with Crippen LogP contribution < -0.4 is 10.0 Å². The lowest BCUT2D eigenvalue weighted by Gasteiger charge is -2.14. The van der Waals surface area contributed by atoms with Gasteiger partial charge in [0.1, 0.15) is 5.82 Å². The van der Waals surface area contributed by atoms with Crippen LogP contribution >= 0.6 is 0 Å². The molecule has 0 aliphatic carbocycles. The van der Waals surface area contributed by atoms with Crippen molar-refractivity contribution in [3.8, 4) is 0 Å². The molecular weight excluding hydrogens is 346 g/mol. The van der Waals surface area contributed by atoms with E-state index in [-0.39, 0.29) is 4.90 Å². The summed E-state index contributed by atoms with van der Waals surface area (Å²) in [6.07, 6.45) is 1.50. The second-order valence-electron chi connectivity index (χ2n) is 6.25. The lowest BCUT2D eigenvalue weighted by Crippen LogP contribution is -2.13.